The van der Waals surface area contributed by atoms with Gasteiger partial charge in [-0.25, -0.2) is 4.39 Å². The van der Waals surface area contributed by atoms with Crippen LogP contribution in [-0.4, -0.2) is 17.4 Å². The molecule has 0 unspecified atom stereocenters. The second-order valence-corrected chi connectivity index (χ2v) is 7.12. The fourth-order valence-electron chi connectivity index (χ4n) is 2.84. The molecule has 0 radical (unpaired) electrons. The van der Waals surface area contributed by atoms with Crippen molar-refractivity contribution in [1.82, 2.24) is 5.32 Å². The van der Waals surface area contributed by atoms with Gasteiger partial charge in [-0.15, -0.1) is 11.3 Å². The molecule has 0 saturated heterocycles. The third-order valence-electron chi connectivity index (χ3n) is 4.27. The van der Waals surface area contributed by atoms with E-state index in [1.54, 1.807) is 25.1 Å². The largest absolute Gasteiger partial charge is 0.324 e. The first kappa shape index (κ1) is 19.7. The summed E-state index contributed by atoms with van der Waals surface area (Å²) in [5, 5.41) is 18.9. The second kappa shape index (κ2) is 8.73. The van der Waals surface area contributed by atoms with E-state index in [1.165, 1.54) is 35.6 Å². The molecule has 0 aliphatic heterocycles. The highest BCUT2D eigenvalue weighted by atomic mass is 32.1. The highest BCUT2D eigenvalue weighted by Gasteiger charge is 2.18. The summed E-state index contributed by atoms with van der Waals surface area (Å²) in [6.45, 7) is 1.58. The Morgan fingerprint density at radius 2 is 1.93 bits per heavy atom. The first-order chi connectivity index (χ1) is 13.5. The highest BCUT2D eigenvalue weighted by Crippen LogP contribution is 2.27. The van der Waals surface area contributed by atoms with Crippen LogP contribution in [0.15, 0.2) is 60.0 Å². The highest BCUT2D eigenvalue weighted by molar-refractivity contribution is 7.10. The van der Waals surface area contributed by atoms with E-state index in [0.717, 1.165) is 10.4 Å². The van der Waals surface area contributed by atoms with E-state index in [-0.39, 0.29) is 30.0 Å². The predicted molar refractivity (Wildman–Crippen MR) is 107 cm³/mol. The van der Waals surface area contributed by atoms with Gasteiger partial charge in [0.05, 0.1) is 28.8 Å². The molecule has 28 heavy (non-hydrogen) atoms. The van der Waals surface area contributed by atoms with Crippen molar-refractivity contribution < 1.29 is 14.1 Å². The van der Waals surface area contributed by atoms with Crippen LogP contribution in [0.2, 0.25) is 0 Å². The summed E-state index contributed by atoms with van der Waals surface area (Å²) in [6.07, 6.45) is 0. The minimum atomic E-state index is -0.482. The van der Waals surface area contributed by atoms with Crippen molar-refractivity contribution >= 4 is 28.6 Å². The molecule has 1 amide bonds. The Labute approximate surface area is 165 Å². The average molecular weight is 399 g/mol. The first-order valence-electron chi connectivity index (χ1n) is 8.52. The summed E-state index contributed by atoms with van der Waals surface area (Å²) >= 11 is 1.53. The van der Waals surface area contributed by atoms with Gasteiger partial charge < -0.3 is 5.32 Å². The number of nitrogens with one attached hydrogen (secondary N) is 2. The maximum atomic E-state index is 13.2. The number of thiophene rings is 1. The van der Waals surface area contributed by atoms with Crippen molar-refractivity contribution in [1.29, 1.82) is 0 Å². The van der Waals surface area contributed by atoms with Crippen LogP contribution in [0.1, 0.15) is 22.0 Å². The number of nitrogens with zero attached hydrogens (tertiary/aromatic N) is 1. The van der Waals surface area contributed by atoms with E-state index in [0.29, 0.717) is 11.3 Å². The summed E-state index contributed by atoms with van der Waals surface area (Å²) in [5.74, 6) is -0.653. The molecule has 0 fully saturated rings. The van der Waals surface area contributed by atoms with E-state index in [9.17, 15) is 19.3 Å². The van der Waals surface area contributed by atoms with Crippen LogP contribution in [0.5, 0.6) is 0 Å². The summed E-state index contributed by atoms with van der Waals surface area (Å²) < 4.78 is 13.2. The maximum Gasteiger partial charge on any atom is 0.274 e. The average Bonchev–Trinajstić information content (AvgIpc) is 3.19. The van der Waals surface area contributed by atoms with Gasteiger partial charge in [0, 0.05) is 10.9 Å². The lowest BCUT2D eigenvalue weighted by atomic mass is 10.1. The van der Waals surface area contributed by atoms with Gasteiger partial charge in [0.25, 0.3) is 5.69 Å². The monoisotopic (exact) mass is 399 g/mol. The number of carbonyl (C=O) groups is 1. The summed E-state index contributed by atoms with van der Waals surface area (Å²) in [6, 6.07) is 14.2. The molecule has 3 rings (SSSR count). The lowest BCUT2D eigenvalue weighted by Crippen LogP contribution is -2.31. The Morgan fingerprint density at radius 1 is 1.18 bits per heavy atom. The molecule has 8 heteroatoms. The number of benzene rings is 2. The van der Waals surface area contributed by atoms with Crippen LogP contribution in [0.3, 0.4) is 0 Å². The van der Waals surface area contributed by atoms with Gasteiger partial charge in [-0.3, -0.25) is 20.2 Å². The Kier molecular flexibility index (Phi) is 6.13. The smallest absolute Gasteiger partial charge is 0.274 e. The van der Waals surface area contributed by atoms with Crippen LogP contribution >= 0.6 is 11.3 Å². The summed E-state index contributed by atoms with van der Waals surface area (Å²) in [5.41, 5.74) is 1.58. The minimum absolute atomic E-state index is 0.0118. The Bertz CT molecular complexity index is 975. The van der Waals surface area contributed by atoms with Gasteiger partial charge in [-0.2, -0.15) is 0 Å². The molecule has 0 aliphatic rings. The van der Waals surface area contributed by atoms with E-state index in [1.807, 2.05) is 17.5 Å². The Balaban J connectivity index is 1.72. The molecule has 2 aromatic carbocycles. The van der Waals surface area contributed by atoms with Crippen molar-refractivity contribution in [2.75, 3.05) is 11.9 Å². The van der Waals surface area contributed by atoms with E-state index in [2.05, 4.69) is 10.6 Å². The van der Waals surface area contributed by atoms with Crippen LogP contribution in [0.4, 0.5) is 15.8 Å². The van der Waals surface area contributed by atoms with Gasteiger partial charge >= 0.3 is 0 Å². The zero-order chi connectivity index (χ0) is 20.1. The topological polar surface area (TPSA) is 84.3 Å². The van der Waals surface area contributed by atoms with Gasteiger partial charge in [-0.1, -0.05) is 24.3 Å². The number of carbonyl (C=O) groups excluding carboxylic acids is 1. The maximum absolute atomic E-state index is 13.2. The second-order valence-electron chi connectivity index (χ2n) is 6.14. The van der Waals surface area contributed by atoms with Crippen molar-refractivity contribution in [3.05, 3.63) is 91.9 Å². The molecule has 3 aromatic rings. The number of amides is 1. The number of anilines is 1. The fourth-order valence-corrected chi connectivity index (χ4v) is 3.67. The molecule has 0 saturated carbocycles. The molecule has 1 atom stereocenters. The summed E-state index contributed by atoms with van der Waals surface area (Å²) in [4.78, 5) is 24.0. The number of halogens is 1. The third-order valence-corrected chi connectivity index (χ3v) is 5.21. The van der Waals surface area contributed by atoms with Crippen LogP contribution < -0.4 is 10.6 Å². The Morgan fingerprint density at radius 3 is 2.57 bits per heavy atom. The van der Waals surface area contributed by atoms with Gasteiger partial charge in [-0.05, 0) is 42.1 Å². The number of nitro benzene ring substituents is 1. The fraction of sp³-hybridized carbons (Fsp3) is 0.150. The number of nitro groups is 1. The van der Waals surface area contributed by atoms with E-state index < -0.39 is 4.92 Å². The number of rotatable bonds is 7. The van der Waals surface area contributed by atoms with Crippen LogP contribution in [0, 0.1) is 22.9 Å². The molecule has 0 spiro atoms. The van der Waals surface area contributed by atoms with Crippen molar-refractivity contribution in [3.63, 3.8) is 0 Å². The SMILES string of the molecule is Cc1c(NC(=O)CN[C@H](c2ccc(F)cc2)c2cccs2)cccc1[N+](=O)[O-]. The van der Waals surface area contributed by atoms with Crippen molar-refractivity contribution in [3.8, 4) is 0 Å². The molecule has 1 heterocycles. The van der Waals surface area contributed by atoms with Gasteiger partial charge in [0.2, 0.25) is 5.91 Å². The number of hydrogen-bond acceptors (Lipinski definition) is 5. The normalized spacial score (nSPS) is 11.8. The van der Waals surface area contributed by atoms with Crippen LogP contribution in [-0.2, 0) is 4.79 Å². The minimum Gasteiger partial charge on any atom is -0.324 e. The van der Waals surface area contributed by atoms with Gasteiger partial charge in [0.1, 0.15) is 5.82 Å². The molecule has 0 aliphatic carbocycles. The lowest BCUT2D eigenvalue weighted by Gasteiger charge is -2.18. The van der Waals surface area contributed by atoms with E-state index in [4.69, 9.17) is 0 Å². The van der Waals surface area contributed by atoms with E-state index >= 15 is 0 Å². The zero-order valence-corrected chi connectivity index (χ0v) is 15.8. The molecule has 1 aromatic heterocycles. The lowest BCUT2D eigenvalue weighted by molar-refractivity contribution is -0.385. The standard InChI is InChI=1S/C20H18FN3O3S/c1-13-16(4-2-5-17(13)24(26)27)23-19(25)12-22-20(18-6-3-11-28-18)14-7-9-15(21)10-8-14/h2-11,20,22H,12H2,1H3,(H,23,25)/t20-/m1/s1. The van der Waals surface area contributed by atoms with Crippen molar-refractivity contribution in [2.45, 2.75) is 13.0 Å². The molecular formula is C20H18FN3O3S. The van der Waals surface area contributed by atoms with Crippen molar-refractivity contribution in [2.24, 2.45) is 0 Å². The Hall–Kier alpha value is -3.10. The third kappa shape index (κ3) is 4.59. The molecule has 144 valence electrons. The first-order valence-corrected chi connectivity index (χ1v) is 9.40. The molecule has 2 N–H and O–H groups in total. The number of hydrogen-bond donors (Lipinski definition) is 2. The quantitative estimate of drug-likeness (QED) is 0.455. The predicted octanol–water partition coefficient (Wildman–Crippen LogP) is 4.42. The van der Waals surface area contributed by atoms with Gasteiger partial charge in [0.15, 0.2) is 0 Å². The summed E-state index contributed by atoms with van der Waals surface area (Å²) in [7, 11) is 0. The zero-order valence-electron chi connectivity index (χ0n) is 15.0. The molecule has 0 bridgehead atoms. The molecular weight excluding hydrogens is 381 g/mol. The molecule has 6 nitrogen and oxygen atoms in total. The van der Waals surface area contributed by atoms with Crippen LogP contribution in [0.25, 0.3) is 0 Å².